The van der Waals surface area contributed by atoms with Gasteiger partial charge in [0.2, 0.25) is 5.88 Å². The number of imide groups is 1. The number of nitrogens with zero attached hydrogens (tertiary/aromatic N) is 2. The number of anilines is 1. The predicted molar refractivity (Wildman–Crippen MR) is 92.9 cm³/mol. The molecule has 0 atom stereocenters. The smallest absolute Gasteiger partial charge is 0.261 e. The molecule has 0 spiro atoms. The molecule has 7 heteroatoms. The van der Waals surface area contributed by atoms with E-state index >= 15 is 0 Å². The normalized spacial score (nSPS) is 13.2. The molecule has 0 saturated heterocycles. The van der Waals surface area contributed by atoms with Crippen LogP contribution in [0, 0.1) is 25.2 Å². The number of carbonyl (C=O) groups is 3. The second kappa shape index (κ2) is 6.15. The van der Waals surface area contributed by atoms with E-state index in [0.717, 1.165) is 0 Å². The Bertz CT molecular complexity index is 995. The molecule has 1 aromatic heterocycles. The van der Waals surface area contributed by atoms with E-state index < -0.39 is 11.8 Å². The maximum absolute atomic E-state index is 12.5. The minimum absolute atomic E-state index is 0.0687. The Morgan fingerprint density at radius 1 is 1.19 bits per heavy atom. The lowest BCUT2D eigenvalue weighted by Gasteiger charge is -2.17. The molecule has 3 rings (SSSR count). The van der Waals surface area contributed by atoms with Crippen molar-refractivity contribution in [2.24, 2.45) is 0 Å². The Morgan fingerprint density at radius 2 is 1.85 bits per heavy atom. The lowest BCUT2D eigenvalue weighted by molar-refractivity contribution is 0.0609. The van der Waals surface area contributed by atoms with Crippen LogP contribution in [-0.2, 0) is 0 Å². The van der Waals surface area contributed by atoms with Gasteiger partial charge in [0, 0.05) is 17.2 Å². The van der Waals surface area contributed by atoms with Gasteiger partial charge < -0.3 is 4.42 Å². The number of carbonyl (C=O) groups excluding carboxylic acids is 3. The third-order valence-electron chi connectivity index (χ3n) is 4.42. The van der Waals surface area contributed by atoms with Crippen LogP contribution < -0.4 is 5.32 Å². The van der Waals surface area contributed by atoms with Gasteiger partial charge in [-0.05, 0) is 45.9 Å². The molecule has 2 heterocycles. The summed E-state index contributed by atoms with van der Waals surface area (Å²) in [4.78, 5) is 38.4. The van der Waals surface area contributed by atoms with Crippen molar-refractivity contribution in [2.75, 3.05) is 5.32 Å². The van der Waals surface area contributed by atoms with E-state index in [2.05, 4.69) is 5.32 Å². The van der Waals surface area contributed by atoms with Gasteiger partial charge in [-0.2, -0.15) is 5.26 Å². The van der Waals surface area contributed by atoms with Gasteiger partial charge in [-0.1, -0.05) is 0 Å². The van der Waals surface area contributed by atoms with Crippen LogP contribution in [-0.4, -0.2) is 28.7 Å². The van der Waals surface area contributed by atoms with Crippen molar-refractivity contribution in [1.29, 1.82) is 5.26 Å². The molecule has 2 aromatic rings. The highest BCUT2D eigenvalue weighted by atomic mass is 16.4. The zero-order valence-corrected chi connectivity index (χ0v) is 14.8. The number of amides is 3. The van der Waals surface area contributed by atoms with Crippen molar-refractivity contribution in [2.45, 2.75) is 33.7 Å². The van der Waals surface area contributed by atoms with E-state index in [1.807, 2.05) is 6.07 Å². The van der Waals surface area contributed by atoms with Crippen molar-refractivity contribution in [3.63, 3.8) is 0 Å². The standard InChI is InChI=1S/C19H17N3O4/c1-9(2)22-18(24)13-6-5-12(7-14(13)19(22)25)16(23)21-17-15(8-20)10(3)11(4)26-17/h5-7,9H,1-4H3,(H,21,23). The number of hydrogen-bond acceptors (Lipinski definition) is 5. The Balaban J connectivity index is 1.93. The lowest BCUT2D eigenvalue weighted by Crippen LogP contribution is -2.35. The van der Waals surface area contributed by atoms with Gasteiger partial charge in [-0.3, -0.25) is 24.6 Å². The maximum atomic E-state index is 12.5. The second-order valence-corrected chi connectivity index (χ2v) is 6.39. The summed E-state index contributed by atoms with van der Waals surface area (Å²) < 4.78 is 5.42. The molecular formula is C19H17N3O4. The van der Waals surface area contributed by atoms with Crippen LogP contribution in [0.3, 0.4) is 0 Å². The number of furan rings is 1. The van der Waals surface area contributed by atoms with E-state index in [0.29, 0.717) is 11.3 Å². The number of aryl methyl sites for hydroxylation is 1. The Morgan fingerprint density at radius 3 is 2.46 bits per heavy atom. The van der Waals surface area contributed by atoms with Crippen LogP contribution in [0.15, 0.2) is 22.6 Å². The molecule has 26 heavy (non-hydrogen) atoms. The molecule has 1 aliphatic rings. The van der Waals surface area contributed by atoms with Crippen molar-refractivity contribution in [1.82, 2.24) is 4.90 Å². The molecule has 0 saturated carbocycles. The number of nitriles is 1. The average Bonchev–Trinajstić information content (AvgIpc) is 3.01. The third kappa shape index (κ3) is 2.56. The summed E-state index contributed by atoms with van der Waals surface area (Å²) in [5.74, 6) is -0.701. The number of fused-ring (bicyclic) bond motifs is 1. The molecule has 0 aliphatic carbocycles. The van der Waals surface area contributed by atoms with Crippen molar-refractivity contribution in [3.05, 3.63) is 51.8 Å². The number of rotatable bonds is 3. The molecule has 132 valence electrons. The quantitative estimate of drug-likeness (QED) is 0.856. The summed E-state index contributed by atoms with van der Waals surface area (Å²) in [6, 6.07) is 6.06. The predicted octanol–water partition coefficient (Wildman–Crippen LogP) is 3.02. The van der Waals surface area contributed by atoms with Crippen molar-refractivity contribution < 1.29 is 18.8 Å². The summed E-state index contributed by atoms with van der Waals surface area (Å²) in [5, 5.41) is 11.8. The fourth-order valence-electron chi connectivity index (χ4n) is 2.89. The molecule has 0 bridgehead atoms. The lowest BCUT2D eigenvalue weighted by atomic mass is 10.1. The fourth-order valence-corrected chi connectivity index (χ4v) is 2.89. The van der Waals surface area contributed by atoms with Crippen molar-refractivity contribution in [3.8, 4) is 6.07 Å². The zero-order valence-electron chi connectivity index (χ0n) is 14.8. The van der Waals surface area contributed by atoms with E-state index in [1.54, 1.807) is 27.7 Å². The highest BCUT2D eigenvalue weighted by molar-refractivity contribution is 6.22. The monoisotopic (exact) mass is 351 g/mol. The molecule has 1 aromatic carbocycles. The fraction of sp³-hybridized carbons (Fsp3) is 0.263. The first-order chi connectivity index (χ1) is 12.3. The van der Waals surface area contributed by atoms with Crippen LogP contribution in [0.1, 0.15) is 61.8 Å². The molecule has 7 nitrogen and oxygen atoms in total. The van der Waals surface area contributed by atoms with Gasteiger partial charge in [0.05, 0.1) is 11.1 Å². The van der Waals surface area contributed by atoms with Crippen LogP contribution in [0.25, 0.3) is 0 Å². The van der Waals surface area contributed by atoms with Gasteiger partial charge in [-0.15, -0.1) is 0 Å². The largest absolute Gasteiger partial charge is 0.444 e. The second-order valence-electron chi connectivity index (χ2n) is 6.39. The highest BCUT2D eigenvalue weighted by Crippen LogP contribution is 2.28. The average molecular weight is 351 g/mol. The van der Waals surface area contributed by atoms with Gasteiger partial charge in [0.1, 0.15) is 17.4 Å². The first kappa shape index (κ1) is 17.4. The Hall–Kier alpha value is -3.40. The number of nitrogens with one attached hydrogen (secondary N) is 1. The van der Waals surface area contributed by atoms with E-state index in [1.165, 1.54) is 23.1 Å². The number of hydrogen-bond donors (Lipinski definition) is 1. The first-order valence-electron chi connectivity index (χ1n) is 8.09. The maximum Gasteiger partial charge on any atom is 0.261 e. The molecular weight excluding hydrogens is 334 g/mol. The van der Waals surface area contributed by atoms with Crippen LogP contribution in [0.4, 0.5) is 5.88 Å². The third-order valence-corrected chi connectivity index (χ3v) is 4.42. The minimum Gasteiger partial charge on any atom is -0.444 e. The van der Waals surface area contributed by atoms with E-state index in [9.17, 15) is 19.6 Å². The summed E-state index contributed by atoms with van der Waals surface area (Å²) in [5.41, 5.74) is 1.59. The van der Waals surface area contributed by atoms with Gasteiger partial charge >= 0.3 is 0 Å². The molecule has 1 aliphatic heterocycles. The molecule has 0 radical (unpaired) electrons. The summed E-state index contributed by atoms with van der Waals surface area (Å²) >= 11 is 0. The molecule has 0 fully saturated rings. The van der Waals surface area contributed by atoms with Gasteiger partial charge in [0.25, 0.3) is 17.7 Å². The minimum atomic E-state index is -0.527. The van der Waals surface area contributed by atoms with Crippen LogP contribution >= 0.6 is 0 Å². The topological polar surface area (TPSA) is 103 Å². The SMILES string of the molecule is Cc1oc(NC(=O)c2ccc3c(c2)C(=O)N(C(C)C)C3=O)c(C#N)c1C. The van der Waals surface area contributed by atoms with Crippen LogP contribution in [0.2, 0.25) is 0 Å². The van der Waals surface area contributed by atoms with E-state index in [4.69, 9.17) is 4.42 Å². The summed E-state index contributed by atoms with van der Waals surface area (Å²) in [7, 11) is 0. The Kier molecular flexibility index (Phi) is 4.12. The number of benzene rings is 1. The van der Waals surface area contributed by atoms with Crippen molar-refractivity contribution >= 4 is 23.6 Å². The zero-order chi connectivity index (χ0) is 19.2. The first-order valence-corrected chi connectivity index (χ1v) is 8.09. The molecule has 3 amide bonds. The summed E-state index contributed by atoms with van der Waals surface area (Å²) in [6.45, 7) is 6.93. The highest BCUT2D eigenvalue weighted by Gasteiger charge is 2.37. The van der Waals surface area contributed by atoms with E-state index in [-0.39, 0.29) is 40.1 Å². The van der Waals surface area contributed by atoms with Gasteiger partial charge in [-0.25, -0.2) is 0 Å². The van der Waals surface area contributed by atoms with Crippen LogP contribution in [0.5, 0.6) is 0 Å². The molecule has 1 N–H and O–H groups in total. The Labute approximate surface area is 150 Å². The summed E-state index contributed by atoms with van der Waals surface area (Å²) in [6.07, 6.45) is 0. The molecule has 0 unspecified atom stereocenters. The van der Waals surface area contributed by atoms with Gasteiger partial charge in [0.15, 0.2) is 0 Å².